The normalized spacial score (nSPS) is 21.6. The van der Waals surface area contributed by atoms with Gasteiger partial charge in [-0.3, -0.25) is 4.79 Å². The fourth-order valence-electron chi connectivity index (χ4n) is 2.61. The number of carbonyl (C=O) groups is 1. The molecule has 0 heterocycles. The Kier molecular flexibility index (Phi) is 5.51. The van der Waals surface area contributed by atoms with Gasteiger partial charge in [0.25, 0.3) is 0 Å². The van der Waals surface area contributed by atoms with E-state index in [1.807, 2.05) is 6.92 Å². The topological polar surface area (TPSA) is 58.6 Å². The first-order valence-corrected chi connectivity index (χ1v) is 7.61. The van der Waals surface area contributed by atoms with E-state index in [0.717, 1.165) is 12.0 Å². The number of carbonyl (C=O) groups excluding carboxylic acids is 1. The Labute approximate surface area is 132 Å². The Hall–Kier alpha value is -1.76. The van der Waals surface area contributed by atoms with Gasteiger partial charge in [0.2, 0.25) is 5.91 Å². The molecular formula is C16H20F3NO3. The van der Waals surface area contributed by atoms with Crippen LogP contribution in [0.2, 0.25) is 0 Å². The summed E-state index contributed by atoms with van der Waals surface area (Å²) in [4.78, 5) is 12.1. The number of alkyl halides is 3. The summed E-state index contributed by atoms with van der Waals surface area (Å²) in [6.45, 7) is 1.96. The lowest BCUT2D eigenvalue weighted by Crippen LogP contribution is -2.36. The van der Waals surface area contributed by atoms with Crippen LogP contribution in [0.1, 0.15) is 37.7 Å². The van der Waals surface area contributed by atoms with Crippen molar-refractivity contribution in [2.24, 2.45) is 5.92 Å². The number of benzene rings is 1. The summed E-state index contributed by atoms with van der Waals surface area (Å²) in [5.74, 6) is -0.457. The molecule has 0 aliphatic heterocycles. The van der Waals surface area contributed by atoms with Gasteiger partial charge in [-0.1, -0.05) is 19.1 Å². The summed E-state index contributed by atoms with van der Waals surface area (Å²) in [5, 5.41) is 11.8. The number of hydrogen-bond acceptors (Lipinski definition) is 3. The van der Waals surface area contributed by atoms with Crippen LogP contribution >= 0.6 is 0 Å². The van der Waals surface area contributed by atoms with E-state index in [-0.39, 0.29) is 36.1 Å². The zero-order chi connectivity index (χ0) is 17.0. The predicted octanol–water partition coefficient (Wildman–Crippen LogP) is 2.97. The fraction of sp³-hybridized carbons (Fsp3) is 0.562. The van der Waals surface area contributed by atoms with Crippen LogP contribution in [0.4, 0.5) is 13.2 Å². The average Bonchev–Trinajstić information content (AvgIpc) is 3.26. The lowest BCUT2D eigenvalue weighted by molar-refractivity contribution is -0.274. The van der Waals surface area contributed by atoms with Crippen molar-refractivity contribution in [3.05, 3.63) is 29.8 Å². The lowest BCUT2D eigenvalue weighted by Gasteiger charge is -2.15. The van der Waals surface area contributed by atoms with Crippen LogP contribution in [0.3, 0.4) is 0 Å². The molecule has 1 aliphatic carbocycles. The lowest BCUT2D eigenvalue weighted by atomic mass is 10.1. The van der Waals surface area contributed by atoms with Crippen molar-refractivity contribution in [2.75, 3.05) is 6.61 Å². The van der Waals surface area contributed by atoms with Gasteiger partial charge in [0.05, 0.1) is 0 Å². The molecule has 2 N–H and O–H groups in total. The molecule has 2 rings (SSSR count). The Bertz CT molecular complexity index is 530. The van der Waals surface area contributed by atoms with Gasteiger partial charge in [-0.15, -0.1) is 13.2 Å². The second-order valence-corrected chi connectivity index (χ2v) is 5.69. The van der Waals surface area contributed by atoms with Crippen molar-refractivity contribution in [1.29, 1.82) is 0 Å². The van der Waals surface area contributed by atoms with Gasteiger partial charge in [-0.2, -0.15) is 0 Å². The minimum absolute atomic E-state index is 0.0214. The molecule has 1 aromatic rings. The number of amides is 1. The molecule has 4 nitrogen and oxygen atoms in total. The van der Waals surface area contributed by atoms with Gasteiger partial charge in [-0.05, 0) is 42.9 Å². The van der Waals surface area contributed by atoms with Gasteiger partial charge in [0.1, 0.15) is 5.75 Å². The molecule has 3 atom stereocenters. The van der Waals surface area contributed by atoms with Crippen LogP contribution in [0.15, 0.2) is 24.3 Å². The number of aliphatic hydroxyl groups is 1. The van der Waals surface area contributed by atoms with Crippen molar-refractivity contribution >= 4 is 5.91 Å². The number of aliphatic hydroxyl groups excluding tert-OH is 1. The Morgan fingerprint density at radius 3 is 2.57 bits per heavy atom. The van der Waals surface area contributed by atoms with E-state index in [4.69, 9.17) is 5.11 Å². The van der Waals surface area contributed by atoms with Crippen LogP contribution in [0.5, 0.6) is 5.75 Å². The first kappa shape index (κ1) is 17.6. The summed E-state index contributed by atoms with van der Waals surface area (Å²) in [5.41, 5.74) is 0.829. The summed E-state index contributed by atoms with van der Waals surface area (Å²) in [6, 6.07) is 5.60. The summed E-state index contributed by atoms with van der Waals surface area (Å²) >= 11 is 0. The highest BCUT2D eigenvalue weighted by molar-refractivity contribution is 5.83. The SMILES string of the molecule is CCC(CCO)NC(=O)C1CC1c1ccc(OC(F)(F)F)cc1. The Morgan fingerprint density at radius 2 is 2.04 bits per heavy atom. The van der Waals surface area contributed by atoms with Crippen LogP contribution in [0.25, 0.3) is 0 Å². The summed E-state index contributed by atoms with van der Waals surface area (Å²) < 4.78 is 40.1. The molecule has 7 heteroatoms. The minimum atomic E-state index is -4.70. The highest BCUT2D eigenvalue weighted by Gasteiger charge is 2.44. The van der Waals surface area contributed by atoms with Crippen LogP contribution < -0.4 is 10.1 Å². The van der Waals surface area contributed by atoms with E-state index in [1.165, 1.54) is 12.1 Å². The molecule has 128 valence electrons. The third kappa shape index (κ3) is 5.13. The smallest absolute Gasteiger partial charge is 0.406 e. The zero-order valence-electron chi connectivity index (χ0n) is 12.8. The van der Waals surface area contributed by atoms with E-state index in [2.05, 4.69) is 10.1 Å². The maximum absolute atomic E-state index is 12.1. The molecule has 1 amide bonds. The van der Waals surface area contributed by atoms with E-state index >= 15 is 0 Å². The molecule has 0 saturated heterocycles. The van der Waals surface area contributed by atoms with Crippen molar-refractivity contribution in [1.82, 2.24) is 5.32 Å². The van der Waals surface area contributed by atoms with E-state index in [9.17, 15) is 18.0 Å². The van der Waals surface area contributed by atoms with E-state index in [1.54, 1.807) is 12.1 Å². The van der Waals surface area contributed by atoms with Gasteiger partial charge >= 0.3 is 6.36 Å². The minimum Gasteiger partial charge on any atom is -0.406 e. The van der Waals surface area contributed by atoms with Gasteiger partial charge < -0.3 is 15.2 Å². The summed E-state index contributed by atoms with van der Waals surface area (Å²) in [7, 11) is 0. The van der Waals surface area contributed by atoms with Crippen molar-refractivity contribution in [3.8, 4) is 5.75 Å². The number of ether oxygens (including phenoxy) is 1. The molecular weight excluding hydrogens is 311 g/mol. The first-order valence-electron chi connectivity index (χ1n) is 7.61. The highest BCUT2D eigenvalue weighted by Crippen LogP contribution is 2.48. The quantitative estimate of drug-likeness (QED) is 0.808. The molecule has 1 saturated carbocycles. The Morgan fingerprint density at radius 1 is 1.39 bits per heavy atom. The average molecular weight is 331 g/mol. The zero-order valence-corrected chi connectivity index (χ0v) is 12.8. The van der Waals surface area contributed by atoms with Gasteiger partial charge in [0.15, 0.2) is 0 Å². The molecule has 0 bridgehead atoms. The summed E-state index contributed by atoms with van der Waals surface area (Å²) in [6.07, 6.45) is -2.76. The molecule has 0 aromatic heterocycles. The second-order valence-electron chi connectivity index (χ2n) is 5.69. The molecule has 1 aliphatic rings. The number of nitrogens with one attached hydrogen (secondary N) is 1. The van der Waals surface area contributed by atoms with Crippen molar-refractivity contribution < 1.29 is 27.8 Å². The maximum atomic E-state index is 12.1. The first-order chi connectivity index (χ1) is 10.8. The highest BCUT2D eigenvalue weighted by atomic mass is 19.4. The third-order valence-electron chi connectivity index (χ3n) is 3.99. The van der Waals surface area contributed by atoms with Gasteiger partial charge in [0, 0.05) is 18.6 Å². The molecule has 0 radical (unpaired) electrons. The monoisotopic (exact) mass is 331 g/mol. The van der Waals surface area contributed by atoms with Crippen LogP contribution in [-0.4, -0.2) is 30.0 Å². The van der Waals surface area contributed by atoms with E-state index in [0.29, 0.717) is 12.8 Å². The third-order valence-corrected chi connectivity index (χ3v) is 3.99. The van der Waals surface area contributed by atoms with Gasteiger partial charge in [-0.25, -0.2) is 0 Å². The molecule has 1 aromatic carbocycles. The molecule has 3 unspecified atom stereocenters. The number of rotatable bonds is 7. The molecule has 1 fully saturated rings. The Balaban J connectivity index is 1.89. The van der Waals surface area contributed by atoms with Crippen molar-refractivity contribution in [2.45, 2.75) is 44.5 Å². The standard InChI is InChI=1S/C16H20F3NO3/c1-2-11(7-8-21)20-15(22)14-9-13(14)10-3-5-12(6-4-10)23-16(17,18)19/h3-6,11,13-14,21H,2,7-9H2,1H3,(H,20,22). The molecule has 0 spiro atoms. The predicted molar refractivity (Wildman–Crippen MR) is 77.9 cm³/mol. The largest absolute Gasteiger partial charge is 0.573 e. The van der Waals surface area contributed by atoms with Crippen molar-refractivity contribution in [3.63, 3.8) is 0 Å². The maximum Gasteiger partial charge on any atom is 0.573 e. The number of hydrogen-bond donors (Lipinski definition) is 2. The number of halogens is 3. The van der Waals surface area contributed by atoms with Crippen LogP contribution in [-0.2, 0) is 4.79 Å². The van der Waals surface area contributed by atoms with E-state index < -0.39 is 6.36 Å². The van der Waals surface area contributed by atoms with Crippen LogP contribution in [0, 0.1) is 5.92 Å². The molecule has 23 heavy (non-hydrogen) atoms. The fourth-order valence-corrected chi connectivity index (χ4v) is 2.61. The second kappa shape index (κ2) is 7.21.